The van der Waals surface area contributed by atoms with Crippen LogP contribution in [0.3, 0.4) is 0 Å². The molecule has 4 nitrogen and oxygen atoms in total. The molecule has 3 rings (SSSR count). The van der Waals surface area contributed by atoms with Crippen molar-refractivity contribution < 1.29 is 9.53 Å². The normalized spacial score (nSPS) is 31.6. The molecule has 0 aromatic heterocycles. The van der Waals surface area contributed by atoms with Crippen LogP contribution in [-0.4, -0.2) is 18.7 Å². The van der Waals surface area contributed by atoms with Crippen molar-refractivity contribution in [2.45, 2.75) is 31.4 Å². The number of para-hydroxylation sites is 1. The van der Waals surface area contributed by atoms with Crippen LogP contribution in [0.25, 0.3) is 0 Å². The predicted octanol–water partition coefficient (Wildman–Crippen LogP) is 2.22. The van der Waals surface area contributed by atoms with Crippen LogP contribution in [0.5, 0.6) is 0 Å². The van der Waals surface area contributed by atoms with Crippen LogP contribution in [0, 0.1) is 0 Å². The minimum absolute atomic E-state index is 0.335. The van der Waals surface area contributed by atoms with Crippen LogP contribution >= 0.6 is 0 Å². The molecule has 2 atom stereocenters. The Labute approximate surface area is 100 Å². The van der Waals surface area contributed by atoms with Gasteiger partial charge in [-0.3, -0.25) is 5.32 Å². The molecule has 1 saturated heterocycles. The quantitative estimate of drug-likeness (QED) is 0.721. The average molecular weight is 232 g/mol. The second-order valence-corrected chi connectivity index (χ2v) is 4.86. The Kier molecular flexibility index (Phi) is 2.33. The number of fused-ring (bicyclic) bond motifs is 2. The van der Waals surface area contributed by atoms with Crippen molar-refractivity contribution in [3.05, 3.63) is 29.8 Å². The van der Waals surface area contributed by atoms with Crippen LogP contribution < -0.4 is 10.6 Å². The second kappa shape index (κ2) is 3.74. The van der Waals surface area contributed by atoms with Crippen molar-refractivity contribution in [3.8, 4) is 0 Å². The zero-order chi connectivity index (χ0) is 11.9. The lowest BCUT2D eigenvalue weighted by Crippen LogP contribution is -2.50. The number of hydrogen-bond donors (Lipinski definition) is 2. The topological polar surface area (TPSA) is 50.4 Å². The number of anilines is 1. The van der Waals surface area contributed by atoms with Gasteiger partial charge in [-0.05, 0) is 19.5 Å². The van der Waals surface area contributed by atoms with Gasteiger partial charge in [0.1, 0.15) is 5.60 Å². The van der Waals surface area contributed by atoms with E-state index in [0.29, 0.717) is 6.04 Å². The average Bonchev–Trinajstić information content (AvgIpc) is 2.28. The van der Waals surface area contributed by atoms with Gasteiger partial charge in [-0.15, -0.1) is 0 Å². The van der Waals surface area contributed by atoms with E-state index in [4.69, 9.17) is 4.74 Å². The molecule has 90 valence electrons. The third-order valence-electron chi connectivity index (χ3n) is 3.60. The summed E-state index contributed by atoms with van der Waals surface area (Å²) in [6.07, 6.45) is 1.33. The summed E-state index contributed by atoms with van der Waals surface area (Å²) in [5.41, 5.74) is 1.55. The Balaban J connectivity index is 2.07. The van der Waals surface area contributed by atoms with Crippen molar-refractivity contribution in [2.24, 2.45) is 0 Å². The van der Waals surface area contributed by atoms with Crippen LogP contribution in [0.1, 0.15) is 25.3 Å². The molecule has 2 aliphatic heterocycles. The largest absolute Gasteiger partial charge is 0.438 e. The molecule has 17 heavy (non-hydrogen) atoms. The molecule has 0 saturated carbocycles. The number of carbonyl (C=O) groups is 1. The number of ether oxygens (including phenoxy) is 1. The standard InChI is InChI=1S/C13H16N2O2/c1-9-8-13(6-7-14-9)10-4-2-3-5-11(10)15-12(16)17-13/h2-5,9,14H,6-8H2,1H3,(H,15,16). The van der Waals surface area contributed by atoms with E-state index in [1.54, 1.807) is 0 Å². The molecule has 2 aliphatic rings. The van der Waals surface area contributed by atoms with Gasteiger partial charge < -0.3 is 10.1 Å². The van der Waals surface area contributed by atoms with E-state index in [1.807, 2.05) is 24.3 Å². The summed E-state index contributed by atoms with van der Waals surface area (Å²) in [5, 5.41) is 6.15. The highest BCUT2D eigenvalue weighted by atomic mass is 16.6. The van der Waals surface area contributed by atoms with E-state index >= 15 is 0 Å². The van der Waals surface area contributed by atoms with Gasteiger partial charge in [0.05, 0.1) is 5.69 Å². The van der Waals surface area contributed by atoms with E-state index < -0.39 is 5.60 Å². The Morgan fingerprint density at radius 2 is 2.24 bits per heavy atom. The first-order valence-electron chi connectivity index (χ1n) is 6.02. The number of benzene rings is 1. The summed E-state index contributed by atoms with van der Waals surface area (Å²) < 4.78 is 5.62. The lowest BCUT2D eigenvalue weighted by molar-refractivity contribution is -0.0224. The van der Waals surface area contributed by atoms with Gasteiger partial charge in [0.25, 0.3) is 0 Å². The Morgan fingerprint density at radius 3 is 3.06 bits per heavy atom. The van der Waals surface area contributed by atoms with Gasteiger partial charge in [0.15, 0.2) is 0 Å². The maximum Gasteiger partial charge on any atom is 0.412 e. The Bertz CT molecular complexity index is 460. The van der Waals surface area contributed by atoms with Gasteiger partial charge in [-0.2, -0.15) is 0 Å². The first-order chi connectivity index (χ1) is 8.20. The maximum atomic E-state index is 11.7. The summed E-state index contributed by atoms with van der Waals surface area (Å²) >= 11 is 0. The van der Waals surface area contributed by atoms with Crippen molar-refractivity contribution in [1.82, 2.24) is 5.32 Å². The SMILES string of the molecule is CC1CC2(CCN1)OC(=O)Nc1ccccc12. The zero-order valence-corrected chi connectivity index (χ0v) is 9.82. The van der Waals surface area contributed by atoms with Gasteiger partial charge >= 0.3 is 6.09 Å². The minimum Gasteiger partial charge on any atom is -0.438 e. The lowest BCUT2D eigenvalue weighted by Gasteiger charge is -2.43. The smallest absolute Gasteiger partial charge is 0.412 e. The molecule has 2 heterocycles. The van der Waals surface area contributed by atoms with Crippen LogP contribution in [-0.2, 0) is 10.3 Å². The summed E-state index contributed by atoms with van der Waals surface area (Å²) in [6, 6.07) is 8.27. The van der Waals surface area contributed by atoms with Gasteiger partial charge in [-0.1, -0.05) is 18.2 Å². The van der Waals surface area contributed by atoms with Crippen molar-refractivity contribution >= 4 is 11.8 Å². The number of nitrogens with one attached hydrogen (secondary N) is 2. The third kappa shape index (κ3) is 1.69. The van der Waals surface area contributed by atoms with E-state index in [0.717, 1.165) is 30.6 Å². The van der Waals surface area contributed by atoms with Crippen molar-refractivity contribution in [3.63, 3.8) is 0 Å². The summed E-state index contributed by atoms with van der Waals surface area (Å²) in [7, 11) is 0. The molecule has 0 aliphatic carbocycles. The molecular weight excluding hydrogens is 216 g/mol. The molecule has 4 heteroatoms. The molecule has 1 spiro atoms. The number of rotatable bonds is 0. The molecule has 2 unspecified atom stereocenters. The highest BCUT2D eigenvalue weighted by molar-refractivity contribution is 5.88. The summed E-state index contributed by atoms with van der Waals surface area (Å²) in [6.45, 7) is 3.00. The van der Waals surface area contributed by atoms with Crippen LogP contribution in [0.15, 0.2) is 24.3 Å². The summed E-state index contributed by atoms with van der Waals surface area (Å²) in [4.78, 5) is 11.7. The van der Waals surface area contributed by atoms with E-state index in [1.165, 1.54) is 0 Å². The molecule has 1 aromatic carbocycles. The molecule has 2 N–H and O–H groups in total. The number of piperidine rings is 1. The number of carbonyl (C=O) groups excluding carboxylic acids is 1. The van der Waals surface area contributed by atoms with E-state index in [-0.39, 0.29) is 6.09 Å². The highest BCUT2D eigenvalue weighted by Gasteiger charge is 2.44. The molecule has 0 radical (unpaired) electrons. The molecule has 1 amide bonds. The van der Waals surface area contributed by atoms with Crippen molar-refractivity contribution in [2.75, 3.05) is 11.9 Å². The maximum absolute atomic E-state index is 11.7. The highest BCUT2D eigenvalue weighted by Crippen LogP contribution is 2.43. The fourth-order valence-electron chi connectivity index (χ4n) is 2.88. The summed E-state index contributed by atoms with van der Waals surface area (Å²) in [5.74, 6) is 0. The fourth-order valence-corrected chi connectivity index (χ4v) is 2.88. The minimum atomic E-state index is -0.441. The zero-order valence-electron chi connectivity index (χ0n) is 9.82. The molecule has 1 fully saturated rings. The van der Waals surface area contributed by atoms with E-state index in [2.05, 4.69) is 17.6 Å². The molecule has 0 bridgehead atoms. The van der Waals surface area contributed by atoms with Gasteiger partial charge in [0.2, 0.25) is 0 Å². The van der Waals surface area contributed by atoms with Gasteiger partial charge in [0, 0.05) is 24.4 Å². The Hall–Kier alpha value is -1.55. The number of hydrogen-bond acceptors (Lipinski definition) is 3. The third-order valence-corrected chi connectivity index (χ3v) is 3.60. The van der Waals surface area contributed by atoms with Crippen LogP contribution in [0.4, 0.5) is 10.5 Å². The second-order valence-electron chi connectivity index (χ2n) is 4.86. The predicted molar refractivity (Wildman–Crippen MR) is 64.9 cm³/mol. The van der Waals surface area contributed by atoms with Crippen LogP contribution in [0.2, 0.25) is 0 Å². The van der Waals surface area contributed by atoms with Gasteiger partial charge in [-0.25, -0.2) is 4.79 Å². The monoisotopic (exact) mass is 232 g/mol. The first-order valence-corrected chi connectivity index (χ1v) is 6.02. The van der Waals surface area contributed by atoms with Crippen molar-refractivity contribution in [1.29, 1.82) is 0 Å². The molecular formula is C13H16N2O2. The Morgan fingerprint density at radius 1 is 1.41 bits per heavy atom. The lowest BCUT2D eigenvalue weighted by atomic mass is 9.80. The molecule has 1 aromatic rings. The van der Waals surface area contributed by atoms with E-state index in [9.17, 15) is 4.79 Å². The first kappa shape index (κ1) is 10.6. The fraction of sp³-hybridized carbons (Fsp3) is 0.462. The number of amides is 1.